The summed E-state index contributed by atoms with van der Waals surface area (Å²) in [5.41, 5.74) is 2.81. The monoisotopic (exact) mass is 566 g/mol. The Hall–Kier alpha value is -1.04. The van der Waals surface area contributed by atoms with Crippen molar-refractivity contribution in [2.75, 3.05) is 6.61 Å². The number of hydrogen-bond acceptors (Lipinski definition) is 2. The summed E-state index contributed by atoms with van der Waals surface area (Å²) in [6, 6.07) is 19.7. The normalized spacial score (nSPS) is 28.0. The van der Waals surface area contributed by atoms with Gasteiger partial charge in [0.25, 0.3) is 0 Å². The molecule has 5 heteroatoms. The van der Waals surface area contributed by atoms with Gasteiger partial charge in [-0.05, 0) is 56.6 Å². The molecule has 208 valence electrons. The molecule has 1 aliphatic heterocycles. The van der Waals surface area contributed by atoms with E-state index in [2.05, 4.69) is 128 Å². The minimum Gasteiger partial charge on any atom is -0.390 e. The van der Waals surface area contributed by atoms with Gasteiger partial charge in [0.05, 0.1) is 28.0 Å². The molecule has 0 radical (unpaired) electrons. The summed E-state index contributed by atoms with van der Waals surface area (Å²) in [7, 11) is -3.24. The van der Waals surface area contributed by atoms with E-state index in [1.165, 1.54) is 21.7 Å². The van der Waals surface area contributed by atoms with Crippen molar-refractivity contribution in [2.45, 2.75) is 113 Å². The molecule has 0 amide bonds. The second-order valence-electron chi connectivity index (χ2n) is 15.0. The first-order chi connectivity index (χ1) is 17.5. The lowest BCUT2D eigenvalue weighted by atomic mass is 9.80. The second kappa shape index (κ2) is 10.1. The van der Waals surface area contributed by atoms with E-state index in [4.69, 9.17) is 4.74 Å². The summed E-state index contributed by atoms with van der Waals surface area (Å²) in [4.78, 5) is 0. The molecule has 1 spiro atoms. The topological polar surface area (TPSA) is 32.8 Å². The fraction of sp³-hybridized carbons (Fsp3) is 0.576. The van der Waals surface area contributed by atoms with Crippen LogP contribution in [0.25, 0.3) is 0 Å². The van der Waals surface area contributed by atoms with E-state index >= 15 is 0 Å². The van der Waals surface area contributed by atoms with Crippen molar-refractivity contribution in [3.63, 3.8) is 0 Å². The van der Waals surface area contributed by atoms with Gasteiger partial charge >= 0.3 is 0 Å². The molecule has 1 N–H and O–H groups in total. The Kier molecular flexibility index (Phi) is 7.96. The quantitative estimate of drug-likeness (QED) is 0.166. The van der Waals surface area contributed by atoms with Crippen molar-refractivity contribution in [3.05, 3.63) is 71.8 Å². The predicted octanol–water partition coefficient (Wildman–Crippen LogP) is 8.01. The third-order valence-corrected chi connectivity index (χ3v) is 25.2. The van der Waals surface area contributed by atoms with Crippen LogP contribution in [0.1, 0.15) is 59.9 Å². The second-order valence-corrected chi connectivity index (χ2v) is 27.7. The van der Waals surface area contributed by atoms with Gasteiger partial charge < -0.3 is 9.84 Å². The van der Waals surface area contributed by atoms with Crippen LogP contribution >= 0.6 is 8.58 Å². The maximum absolute atomic E-state index is 13.0. The molecule has 0 aromatic heterocycles. The lowest BCUT2D eigenvalue weighted by molar-refractivity contribution is 0.0143. The third-order valence-electron chi connectivity index (χ3n) is 11.1. The molecule has 2 nitrogen and oxygen atoms in total. The minimum absolute atomic E-state index is 0.0739. The molecule has 4 atom stereocenters. The smallest absolute Gasteiger partial charge is 0.138 e. The minimum atomic E-state index is -2.18. The Bertz CT molecular complexity index is 1170. The summed E-state index contributed by atoms with van der Waals surface area (Å²) < 4.78 is 6.44. The number of epoxide rings is 1. The highest BCUT2D eigenvalue weighted by atomic mass is 31.1. The van der Waals surface area contributed by atoms with Gasteiger partial charge in [0.2, 0.25) is 0 Å². The van der Waals surface area contributed by atoms with Crippen LogP contribution in [0.5, 0.6) is 0 Å². The number of hydrogen-bond donors (Lipinski definition) is 1. The molecule has 0 bridgehead atoms. The SMILES string of the molecule is CC(C)(C)[Si](C)(C)[C@H]1C/C(=C/Cc2ccccc2Pc2ccccc2)C2(CO2)[C@@](O)([Si](C)(C)C(C)(C)C)C1. The predicted molar refractivity (Wildman–Crippen MR) is 173 cm³/mol. The Balaban J connectivity index is 1.76. The number of benzene rings is 2. The van der Waals surface area contributed by atoms with E-state index in [0.717, 1.165) is 19.3 Å². The summed E-state index contributed by atoms with van der Waals surface area (Å²) in [5, 5.41) is 15.3. The van der Waals surface area contributed by atoms with Gasteiger partial charge in [-0.25, -0.2) is 0 Å². The first kappa shape index (κ1) is 29.9. The van der Waals surface area contributed by atoms with E-state index in [0.29, 0.717) is 20.7 Å². The van der Waals surface area contributed by atoms with Crippen molar-refractivity contribution in [2.24, 2.45) is 0 Å². The highest BCUT2D eigenvalue weighted by Gasteiger charge is 2.73. The lowest BCUT2D eigenvalue weighted by Gasteiger charge is -2.59. The molecular weight excluding hydrogens is 516 g/mol. The fourth-order valence-corrected chi connectivity index (χ4v) is 13.7. The third kappa shape index (κ3) is 5.10. The molecular formula is C33H51O2PSi2. The van der Waals surface area contributed by atoms with Crippen LogP contribution in [0.4, 0.5) is 0 Å². The largest absolute Gasteiger partial charge is 0.390 e. The van der Waals surface area contributed by atoms with E-state index in [-0.39, 0.29) is 10.1 Å². The molecule has 2 aliphatic rings. The van der Waals surface area contributed by atoms with Crippen molar-refractivity contribution in [3.8, 4) is 0 Å². The van der Waals surface area contributed by atoms with Crippen LogP contribution in [0.3, 0.4) is 0 Å². The average Bonchev–Trinajstić information content (AvgIpc) is 3.62. The van der Waals surface area contributed by atoms with Crippen LogP contribution in [0.2, 0.25) is 41.8 Å². The summed E-state index contributed by atoms with van der Waals surface area (Å²) >= 11 is 0. The molecule has 1 heterocycles. The molecule has 4 rings (SSSR count). The van der Waals surface area contributed by atoms with Crippen LogP contribution in [-0.4, -0.2) is 38.7 Å². The van der Waals surface area contributed by atoms with Gasteiger partial charge in [0.15, 0.2) is 0 Å². The molecule has 38 heavy (non-hydrogen) atoms. The maximum Gasteiger partial charge on any atom is 0.138 e. The van der Waals surface area contributed by atoms with E-state index < -0.39 is 27.0 Å². The van der Waals surface area contributed by atoms with Crippen molar-refractivity contribution >= 4 is 35.3 Å². The number of aliphatic hydroxyl groups is 1. The van der Waals surface area contributed by atoms with Gasteiger partial charge in [0, 0.05) is 0 Å². The highest BCUT2D eigenvalue weighted by Crippen LogP contribution is 2.65. The van der Waals surface area contributed by atoms with Crippen LogP contribution in [0.15, 0.2) is 66.2 Å². The zero-order valence-electron chi connectivity index (χ0n) is 25.5. The van der Waals surface area contributed by atoms with Gasteiger partial charge in [0.1, 0.15) is 5.60 Å². The lowest BCUT2D eigenvalue weighted by Crippen LogP contribution is -2.70. The van der Waals surface area contributed by atoms with Gasteiger partial charge in [-0.2, -0.15) is 0 Å². The standard InChI is InChI=1S/C33H51O2PSi2/c1-30(2,3)37(7,8)28-22-26(32(24-35-32)33(34,23-28)38(9,10)31(4,5)6)21-20-25-16-14-15-19-29(25)36-27-17-12-11-13-18-27/h11-19,21,28,34,36H,20,22-24H2,1-10H3/b26-21-/t28-,32?,33-/m0/s1. The molecule has 2 fully saturated rings. The highest BCUT2D eigenvalue weighted by molar-refractivity contribution is 7.55. The average molecular weight is 567 g/mol. The number of rotatable bonds is 6. The first-order valence-corrected chi connectivity index (χ1v) is 21.5. The molecule has 1 saturated heterocycles. The zero-order chi connectivity index (χ0) is 28.2. The van der Waals surface area contributed by atoms with E-state index in [1.807, 2.05) is 0 Å². The van der Waals surface area contributed by atoms with Crippen LogP contribution in [-0.2, 0) is 11.2 Å². The number of ether oxygens (including phenoxy) is 1. The van der Waals surface area contributed by atoms with E-state index in [1.54, 1.807) is 0 Å². The van der Waals surface area contributed by atoms with Gasteiger partial charge in [-0.3, -0.25) is 0 Å². The molecule has 2 unspecified atom stereocenters. The van der Waals surface area contributed by atoms with Crippen LogP contribution < -0.4 is 10.6 Å². The van der Waals surface area contributed by atoms with Gasteiger partial charge in [-0.1, -0.05) is 137 Å². The Labute approximate surface area is 236 Å². The summed E-state index contributed by atoms with van der Waals surface area (Å²) in [6.45, 7) is 24.9. The molecule has 1 aliphatic carbocycles. The van der Waals surface area contributed by atoms with Crippen molar-refractivity contribution < 1.29 is 9.84 Å². The maximum atomic E-state index is 13.0. The summed E-state index contributed by atoms with van der Waals surface area (Å²) in [6.07, 6.45) is 5.33. The Morgan fingerprint density at radius 1 is 0.921 bits per heavy atom. The van der Waals surface area contributed by atoms with Crippen LogP contribution in [0, 0.1) is 0 Å². The molecule has 2 aromatic rings. The Morgan fingerprint density at radius 2 is 1.50 bits per heavy atom. The first-order valence-electron chi connectivity index (χ1n) is 14.4. The van der Waals surface area contributed by atoms with Crippen molar-refractivity contribution in [1.29, 1.82) is 0 Å². The zero-order valence-corrected chi connectivity index (χ0v) is 28.5. The van der Waals surface area contributed by atoms with E-state index in [9.17, 15) is 5.11 Å². The molecule has 2 aromatic carbocycles. The Morgan fingerprint density at radius 3 is 2.05 bits per heavy atom. The van der Waals surface area contributed by atoms with Crippen molar-refractivity contribution in [1.82, 2.24) is 0 Å². The van der Waals surface area contributed by atoms with Gasteiger partial charge in [-0.15, -0.1) is 0 Å². The molecule has 1 saturated carbocycles. The fourth-order valence-electron chi connectivity index (χ4n) is 6.27. The summed E-state index contributed by atoms with van der Waals surface area (Å²) in [5.74, 6) is 0. The number of allylic oxidation sites excluding steroid dienone is 1.